The molecule has 0 amide bonds. The summed E-state index contributed by atoms with van der Waals surface area (Å²) >= 11 is 0. The van der Waals surface area contributed by atoms with Crippen molar-refractivity contribution in [1.82, 2.24) is 0 Å². The summed E-state index contributed by atoms with van der Waals surface area (Å²) in [5, 5.41) is 0. The number of hydrogen-bond donors (Lipinski definition) is 0. The molecule has 2 saturated carbocycles. The maximum Gasteiger partial charge on any atom is 0.165 e. The molecular formula is C19H24O2. The first-order valence-corrected chi connectivity index (χ1v) is 8.55. The molecule has 0 bridgehead atoms. The van der Waals surface area contributed by atoms with E-state index in [1.54, 1.807) is 0 Å². The van der Waals surface area contributed by atoms with Crippen molar-refractivity contribution in [2.75, 3.05) is 0 Å². The molecule has 112 valence electrons. The molecule has 0 spiro atoms. The highest BCUT2D eigenvalue weighted by molar-refractivity contribution is 5.98. The average Bonchev–Trinajstić information content (AvgIpc) is 3.01. The highest BCUT2D eigenvalue weighted by Crippen LogP contribution is 2.43. The predicted molar refractivity (Wildman–Crippen MR) is 82.1 cm³/mol. The van der Waals surface area contributed by atoms with Gasteiger partial charge in [-0.25, -0.2) is 0 Å². The SMILES string of the molecule is O=C(c1ccc2c(c1)COC2)C1CCC2CCCCC2C1. The summed E-state index contributed by atoms with van der Waals surface area (Å²) in [4.78, 5) is 12.8. The molecule has 21 heavy (non-hydrogen) atoms. The van der Waals surface area contributed by atoms with Crippen LogP contribution in [0.4, 0.5) is 0 Å². The van der Waals surface area contributed by atoms with Crippen LogP contribution >= 0.6 is 0 Å². The van der Waals surface area contributed by atoms with Crippen LogP contribution in [0, 0.1) is 17.8 Å². The van der Waals surface area contributed by atoms with Gasteiger partial charge in [-0.1, -0.05) is 37.8 Å². The number of carbonyl (C=O) groups excluding carboxylic acids is 1. The molecule has 1 heterocycles. The molecule has 0 saturated heterocycles. The summed E-state index contributed by atoms with van der Waals surface area (Å²) in [6.45, 7) is 1.38. The van der Waals surface area contributed by atoms with Gasteiger partial charge in [-0.3, -0.25) is 4.79 Å². The van der Waals surface area contributed by atoms with Crippen LogP contribution < -0.4 is 0 Å². The zero-order valence-corrected chi connectivity index (χ0v) is 12.6. The van der Waals surface area contributed by atoms with Gasteiger partial charge in [-0.05, 0) is 48.3 Å². The fraction of sp³-hybridized carbons (Fsp3) is 0.632. The Kier molecular flexibility index (Phi) is 3.58. The van der Waals surface area contributed by atoms with E-state index in [2.05, 4.69) is 12.1 Å². The monoisotopic (exact) mass is 284 g/mol. The summed E-state index contributed by atoms with van der Waals surface area (Å²) in [5.74, 6) is 2.38. The lowest BCUT2D eigenvalue weighted by atomic mass is 9.66. The van der Waals surface area contributed by atoms with Gasteiger partial charge in [0, 0.05) is 11.5 Å². The normalized spacial score (nSPS) is 31.5. The third kappa shape index (κ3) is 2.55. The van der Waals surface area contributed by atoms with E-state index in [-0.39, 0.29) is 5.92 Å². The van der Waals surface area contributed by atoms with Crippen molar-refractivity contribution in [3.63, 3.8) is 0 Å². The Labute approximate surface area is 126 Å². The molecule has 1 aromatic rings. The van der Waals surface area contributed by atoms with E-state index in [9.17, 15) is 4.79 Å². The Morgan fingerprint density at radius 1 is 0.952 bits per heavy atom. The van der Waals surface area contributed by atoms with Crippen molar-refractivity contribution < 1.29 is 9.53 Å². The minimum absolute atomic E-state index is 0.268. The number of hydrogen-bond acceptors (Lipinski definition) is 2. The third-order valence-corrected chi connectivity index (χ3v) is 5.92. The van der Waals surface area contributed by atoms with Crippen LogP contribution in [0.1, 0.15) is 66.4 Å². The maximum absolute atomic E-state index is 12.8. The van der Waals surface area contributed by atoms with Crippen LogP contribution in [0.5, 0.6) is 0 Å². The highest BCUT2D eigenvalue weighted by atomic mass is 16.5. The Balaban J connectivity index is 1.49. The van der Waals surface area contributed by atoms with Crippen LogP contribution in [-0.2, 0) is 18.0 Å². The van der Waals surface area contributed by atoms with E-state index >= 15 is 0 Å². The molecule has 3 atom stereocenters. The van der Waals surface area contributed by atoms with E-state index < -0.39 is 0 Å². The number of fused-ring (bicyclic) bond motifs is 2. The second-order valence-corrected chi connectivity index (χ2v) is 7.16. The molecule has 3 unspecified atom stereocenters. The topological polar surface area (TPSA) is 26.3 Å². The number of benzene rings is 1. The Morgan fingerprint density at radius 2 is 1.76 bits per heavy atom. The molecule has 0 N–H and O–H groups in total. The number of Topliss-reactive ketones (excluding diaryl/α,β-unsaturated/α-hetero) is 1. The molecule has 1 aromatic carbocycles. The fourth-order valence-corrected chi connectivity index (χ4v) is 4.67. The smallest absolute Gasteiger partial charge is 0.165 e. The molecule has 1 aliphatic heterocycles. The Morgan fingerprint density at radius 3 is 2.67 bits per heavy atom. The van der Waals surface area contributed by atoms with Gasteiger partial charge in [0.1, 0.15) is 0 Å². The zero-order valence-electron chi connectivity index (χ0n) is 12.6. The van der Waals surface area contributed by atoms with Crippen molar-refractivity contribution in [1.29, 1.82) is 0 Å². The second kappa shape index (κ2) is 5.57. The van der Waals surface area contributed by atoms with Gasteiger partial charge in [0.2, 0.25) is 0 Å². The van der Waals surface area contributed by atoms with E-state index in [4.69, 9.17) is 4.74 Å². The largest absolute Gasteiger partial charge is 0.372 e. The Hall–Kier alpha value is -1.15. The van der Waals surface area contributed by atoms with Crippen molar-refractivity contribution in [3.05, 3.63) is 34.9 Å². The fourth-order valence-electron chi connectivity index (χ4n) is 4.67. The van der Waals surface area contributed by atoms with Gasteiger partial charge in [-0.15, -0.1) is 0 Å². The quantitative estimate of drug-likeness (QED) is 0.747. The number of rotatable bonds is 2. The molecular weight excluding hydrogens is 260 g/mol. The highest BCUT2D eigenvalue weighted by Gasteiger charge is 2.35. The molecule has 0 aromatic heterocycles. The minimum atomic E-state index is 0.268. The first-order valence-electron chi connectivity index (χ1n) is 8.55. The lowest BCUT2D eigenvalue weighted by Crippen LogP contribution is -2.31. The second-order valence-electron chi connectivity index (χ2n) is 7.16. The van der Waals surface area contributed by atoms with Gasteiger partial charge in [0.25, 0.3) is 0 Å². The molecule has 4 rings (SSSR count). The molecule has 0 radical (unpaired) electrons. The van der Waals surface area contributed by atoms with E-state index in [1.165, 1.54) is 43.2 Å². The van der Waals surface area contributed by atoms with Crippen LogP contribution in [-0.4, -0.2) is 5.78 Å². The van der Waals surface area contributed by atoms with Crippen molar-refractivity contribution in [2.45, 2.75) is 58.2 Å². The van der Waals surface area contributed by atoms with E-state index in [1.807, 2.05) is 6.07 Å². The zero-order chi connectivity index (χ0) is 14.2. The van der Waals surface area contributed by atoms with Gasteiger partial charge in [-0.2, -0.15) is 0 Å². The number of ether oxygens (including phenoxy) is 1. The number of carbonyl (C=O) groups is 1. The summed E-state index contributed by atoms with van der Waals surface area (Å²) in [6.07, 6.45) is 9.05. The van der Waals surface area contributed by atoms with E-state index in [0.717, 1.165) is 30.2 Å². The first-order chi connectivity index (χ1) is 10.3. The maximum atomic E-state index is 12.8. The molecule has 2 fully saturated rings. The Bertz CT molecular complexity index is 548. The summed E-state index contributed by atoms with van der Waals surface area (Å²) in [6, 6.07) is 6.18. The molecule has 3 aliphatic rings. The lowest BCUT2D eigenvalue weighted by molar-refractivity contribution is 0.0763. The van der Waals surface area contributed by atoms with Crippen molar-refractivity contribution in [2.24, 2.45) is 17.8 Å². The van der Waals surface area contributed by atoms with Crippen molar-refractivity contribution >= 4 is 5.78 Å². The first kappa shape index (κ1) is 13.5. The summed E-state index contributed by atoms with van der Waals surface area (Å²) in [5.41, 5.74) is 3.38. The molecule has 2 nitrogen and oxygen atoms in total. The van der Waals surface area contributed by atoms with Crippen LogP contribution in [0.25, 0.3) is 0 Å². The van der Waals surface area contributed by atoms with Crippen molar-refractivity contribution in [3.8, 4) is 0 Å². The predicted octanol–water partition coefficient (Wildman–Crippen LogP) is 4.51. The molecule has 2 aliphatic carbocycles. The van der Waals surface area contributed by atoms with Crippen LogP contribution in [0.2, 0.25) is 0 Å². The minimum Gasteiger partial charge on any atom is -0.372 e. The van der Waals surface area contributed by atoms with Gasteiger partial charge >= 0.3 is 0 Å². The average molecular weight is 284 g/mol. The van der Waals surface area contributed by atoms with Gasteiger partial charge < -0.3 is 4.74 Å². The van der Waals surface area contributed by atoms with Crippen LogP contribution in [0.3, 0.4) is 0 Å². The van der Waals surface area contributed by atoms with Gasteiger partial charge in [0.05, 0.1) is 13.2 Å². The lowest BCUT2D eigenvalue weighted by Gasteiger charge is -2.38. The summed E-state index contributed by atoms with van der Waals surface area (Å²) in [7, 11) is 0. The number of ketones is 1. The third-order valence-electron chi connectivity index (χ3n) is 5.92. The van der Waals surface area contributed by atoms with Crippen LogP contribution in [0.15, 0.2) is 18.2 Å². The van der Waals surface area contributed by atoms with Gasteiger partial charge in [0.15, 0.2) is 5.78 Å². The standard InChI is InChI=1S/C19H24O2/c20-19(16-7-8-17-11-21-12-18(17)10-16)15-6-5-13-3-1-2-4-14(13)9-15/h7-8,10,13-15H,1-6,9,11-12H2. The summed E-state index contributed by atoms with van der Waals surface area (Å²) < 4.78 is 5.45. The van der Waals surface area contributed by atoms with E-state index in [0.29, 0.717) is 19.0 Å². The molecule has 2 heteroatoms.